The van der Waals surface area contributed by atoms with Gasteiger partial charge >= 0.3 is 5.69 Å². The lowest BCUT2D eigenvalue weighted by Crippen LogP contribution is -2.40. The van der Waals surface area contributed by atoms with E-state index in [1.165, 1.54) is 26.1 Å². The molecule has 0 aliphatic heterocycles. The second-order valence-corrected chi connectivity index (χ2v) is 5.29. The molecule has 1 heterocycles. The van der Waals surface area contributed by atoms with Crippen molar-refractivity contribution >= 4 is 23.2 Å². The van der Waals surface area contributed by atoms with Gasteiger partial charge in [-0.05, 0) is 18.2 Å². The maximum absolute atomic E-state index is 12.2. The number of nitrogens with zero attached hydrogens (tertiary/aromatic N) is 2. The first-order chi connectivity index (χ1) is 11.3. The molecule has 124 valence electrons. The average Bonchev–Trinajstić information content (AvgIpc) is 2.53. The maximum Gasteiger partial charge on any atom is 0.332 e. The quantitative estimate of drug-likeness (QED) is 0.624. The highest BCUT2D eigenvalue weighted by molar-refractivity contribution is 6.32. The lowest BCUT2D eigenvalue weighted by molar-refractivity contribution is -0.114. The summed E-state index contributed by atoms with van der Waals surface area (Å²) in [5.74, 6) is 5.12. The Morgan fingerprint density at radius 3 is 2.71 bits per heavy atom. The highest BCUT2D eigenvalue weighted by Gasteiger charge is 2.16. The summed E-state index contributed by atoms with van der Waals surface area (Å²) < 4.78 is 1.91. The van der Waals surface area contributed by atoms with Crippen LogP contribution in [0.5, 0.6) is 5.75 Å². The Hall–Kier alpha value is -2.98. The molecule has 0 fully saturated rings. The van der Waals surface area contributed by atoms with Crippen LogP contribution in [0.4, 0.5) is 5.69 Å². The van der Waals surface area contributed by atoms with E-state index in [4.69, 9.17) is 11.6 Å². The molecule has 1 aromatic heterocycles. The van der Waals surface area contributed by atoms with Gasteiger partial charge in [-0.15, -0.1) is 0 Å². The molecule has 2 aromatic rings. The van der Waals surface area contributed by atoms with E-state index in [0.29, 0.717) is 5.56 Å². The number of hydrogen-bond donors (Lipinski definition) is 2. The molecule has 24 heavy (non-hydrogen) atoms. The van der Waals surface area contributed by atoms with Crippen LogP contribution >= 0.6 is 11.6 Å². The van der Waals surface area contributed by atoms with E-state index in [1.807, 2.05) is 0 Å². The second kappa shape index (κ2) is 7.06. The minimum atomic E-state index is -0.697. The lowest BCUT2D eigenvalue weighted by Gasteiger charge is -2.11. The molecule has 0 radical (unpaired) electrons. The Morgan fingerprint density at radius 1 is 1.38 bits per heavy atom. The van der Waals surface area contributed by atoms with Gasteiger partial charge in [0.1, 0.15) is 16.6 Å². The Labute approximate surface area is 142 Å². The van der Waals surface area contributed by atoms with Crippen LogP contribution in [0, 0.1) is 11.8 Å². The Morgan fingerprint density at radius 2 is 2.08 bits per heavy atom. The molecule has 0 bridgehead atoms. The van der Waals surface area contributed by atoms with Gasteiger partial charge in [0, 0.05) is 19.5 Å². The van der Waals surface area contributed by atoms with Crippen molar-refractivity contribution in [3.05, 3.63) is 55.8 Å². The van der Waals surface area contributed by atoms with Crippen molar-refractivity contribution in [2.75, 3.05) is 5.32 Å². The summed E-state index contributed by atoms with van der Waals surface area (Å²) in [6, 6.07) is 6.32. The predicted octanol–water partition coefficient (Wildman–Crippen LogP) is 0.916. The van der Waals surface area contributed by atoms with Gasteiger partial charge in [-0.1, -0.05) is 29.5 Å². The number of benzene rings is 1. The number of phenolic OH excluding ortho intramolecular Hbond substituents is 1. The molecule has 0 aliphatic rings. The minimum absolute atomic E-state index is 0.0760. The Balaban J connectivity index is 2.44. The first-order valence-corrected chi connectivity index (χ1v) is 7.24. The van der Waals surface area contributed by atoms with Crippen LogP contribution in [0.3, 0.4) is 0 Å². The molecule has 0 atom stereocenters. The average molecular weight is 348 g/mol. The SMILES string of the molecule is CC(=O)Nc1c(Cl)n(CC#Cc2cccc(O)c2)c(=O)n(C)c1=O. The molecule has 2 N–H and O–H groups in total. The number of rotatable bonds is 2. The molecule has 8 heteroatoms. The fourth-order valence-electron chi connectivity index (χ4n) is 1.97. The van der Waals surface area contributed by atoms with E-state index in [2.05, 4.69) is 17.2 Å². The zero-order chi connectivity index (χ0) is 17.9. The van der Waals surface area contributed by atoms with Crippen LogP contribution in [0.15, 0.2) is 33.9 Å². The summed E-state index contributed by atoms with van der Waals surface area (Å²) in [7, 11) is 1.28. The van der Waals surface area contributed by atoms with Crippen molar-refractivity contribution in [2.45, 2.75) is 13.5 Å². The van der Waals surface area contributed by atoms with Gasteiger partial charge in [0.05, 0.1) is 6.54 Å². The Bertz CT molecular complexity index is 980. The Kier molecular flexibility index (Phi) is 5.11. The first kappa shape index (κ1) is 17.4. The minimum Gasteiger partial charge on any atom is -0.508 e. The van der Waals surface area contributed by atoms with E-state index in [1.54, 1.807) is 12.1 Å². The van der Waals surface area contributed by atoms with Gasteiger partial charge in [0.15, 0.2) is 0 Å². The fraction of sp³-hybridized carbons (Fsp3) is 0.188. The number of halogens is 1. The van der Waals surface area contributed by atoms with Crippen molar-refractivity contribution in [1.82, 2.24) is 9.13 Å². The summed E-state index contributed by atoms with van der Waals surface area (Å²) in [6.07, 6.45) is 0. The number of carbonyl (C=O) groups is 1. The standard InChI is InChI=1S/C16H14ClN3O4/c1-10(21)18-13-14(17)20(16(24)19(2)15(13)23)8-4-6-11-5-3-7-12(22)9-11/h3,5,7,9,22H,8H2,1-2H3,(H,18,21). The molecule has 0 spiro atoms. The lowest BCUT2D eigenvalue weighted by atomic mass is 10.2. The van der Waals surface area contributed by atoms with E-state index >= 15 is 0 Å². The molecule has 0 saturated carbocycles. The van der Waals surface area contributed by atoms with Gasteiger partial charge in [-0.3, -0.25) is 18.7 Å². The fourth-order valence-corrected chi connectivity index (χ4v) is 2.23. The smallest absolute Gasteiger partial charge is 0.332 e. The highest BCUT2D eigenvalue weighted by atomic mass is 35.5. The first-order valence-electron chi connectivity index (χ1n) is 6.86. The molecular weight excluding hydrogens is 334 g/mol. The summed E-state index contributed by atoms with van der Waals surface area (Å²) in [6.45, 7) is 1.14. The van der Waals surface area contributed by atoms with Crippen LogP contribution in [-0.4, -0.2) is 20.1 Å². The number of aromatic nitrogens is 2. The number of anilines is 1. The van der Waals surface area contributed by atoms with Gasteiger partial charge in [-0.2, -0.15) is 0 Å². The highest BCUT2D eigenvalue weighted by Crippen LogP contribution is 2.15. The van der Waals surface area contributed by atoms with Crippen LogP contribution in [0.25, 0.3) is 0 Å². The topological polar surface area (TPSA) is 93.3 Å². The van der Waals surface area contributed by atoms with Gasteiger partial charge in [-0.25, -0.2) is 4.79 Å². The van der Waals surface area contributed by atoms with E-state index < -0.39 is 17.2 Å². The third kappa shape index (κ3) is 3.67. The third-order valence-electron chi connectivity index (χ3n) is 3.10. The maximum atomic E-state index is 12.2. The molecule has 0 unspecified atom stereocenters. The number of amides is 1. The summed E-state index contributed by atoms with van der Waals surface area (Å²) in [5.41, 5.74) is -0.960. The van der Waals surface area contributed by atoms with E-state index in [0.717, 1.165) is 9.13 Å². The van der Waals surface area contributed by atoms with E-state index in [-0.39, 0.29) is 23.1 Å². The molecule has 1 amide bonds. The summed E-state index contributed by atoms with van der Waals surface area (Å²) in [4.78, 5) is 35.4. The van der Waals surface area contributed by atoms with Gasteiger partial charge in [0.2, 0.25) is 5.91 Å². The molecule has 0 aliphatic carbocycles. The van der Waals surface area contributed by atoms with Crippen LogP contribution in [0.1, 0.15) is 12.5 Å². The van der Waals surface area contributed by atoms with Crippen molar-refractivity contribution in [2.24, 2.45) is 7.05 Å². The van der Waals surface area contributed by atoms with Crippen LogP contribution < -0.4 is 16.6 Å². The summed E-state index contributed by atoms with van der Waals surface area (Å²) >= 11 is 6.07. The molecule has 7 nitrogen and oxygen atoms in total. The zero-order valence-electron chi connectivity index (χ0n) is 13.0. The third-order valence-corrected chi connectivity index (χ3v) is 3.49. The van der Waals surface area contributed by atoms with Crippen LogP contribution in [-0.2, 0) is 18.4 Å². The monoisotopic (exact) mass is 347 g/mol. The van der Waals surface area contributed by atoms with Crippen LogP contribution in [0.2, 0.25) is 5.15 Å². The normalized spacial score (nSPS) is 9.96. The number of nitrogens with one attached hydrogen (secondary N) is 1. The number of carbonyl (C=O) groups excluding carboxylic acids is 1. The predicted molar refractivity (Wildman–Crippen MR) is 90.2 cm³/mol. The molecular formula is C16H14ClN3O4. The van der Waals surface area contributed by atoms with Gasteiger partial charge < -0.3 is 10.4 Å². The zero-order valence-corrected chi connectivity index (χ0v) is 13.7. The molecule has 0 saturated heterocycles. The number of hydrogen-bond acceptors (Lipinski definition) is 4. The van der Waals surface area contributed by atoms with Gasteiger partial charge in [0.25, 0.3) is 5.56 Å². The van der Waals surface area contributed by atoms with Crippen molar-refractivity contribution in [1.29, 1.82) is 0 Å². The van der Waals surface area contributed by atoms with Crippen molar-refractivity contribution < 1.29 is 9.90 Å². The molecule has 2 rings (SSSR count). The molecule has 1 aromatic carbocycles. The number of aromatic hydroxyl groups is 1. The van der Waals surface area contributed by atoms with E-state index in [9.17, 15) is 19.5 Å². The van der Waals surface area contributed by atoms with Crippen molar-refractivity contribution in [3.63, 3.8) is 0 Å². The van der Waals surface area contributed by atoms with Crippen molar-refractivity contribution in [3.8, 4) is 17.6 Å². The summed E-state index contributed by atoms with van der Waals surface area (Å²) in [5, 5.41) is 11.5. The number of phenols is 1. The largest absolute Gasteiger partial charge is 0.508 e. The second-order valence-electron chi connectivity index (χ2n) is 4.93.